The third-order valence-corrected chi connectivity index (χ3v) is 7.53. The van der Waals surface area contributed by atoms with Gasteiger partial charge in [-0.2, -0.15) is 9.40 Å². The maximum Gasteiger partial charge on any atom is 0.247 e. The first kappa shape index (κ1) is 19.3. The lowest BCUT2D eigenvalue weighted by atomic mass is 9.86. The van der Waals surface area contributed by atoms with Crippen LogP contribution in [-0.4, -0.2) is 59.6 Å². The van der Waals surface area contributed by atoms with Crippen LogP contribution in [0, 0.1) is 6.92 Å². The van der Waals surface area contributed by atoms with Gasteiger partial charge >= 0.3 is 0 Å². The Morgan fingerprint density at radius 2 is 2.04 bits per heavy atom. The van der Waals surface area contributed by atoms with Gasteiger partial charge in [0.2, 0.25) is 15.9 Å². The first-order valence-corrected chi connectivity index (χ1v) is 10.7. The Bertz CT molecular complexity index is 780. The van der Waals surface area contributed by atoms with Crippen LogP contribution in [0.2, 0.25) is 0 Å². The van der Waals surface area contributed by atoms with Crippen LogP contribution in [0.5, 0.6) is 0 Å². The fraction of sp³-hybridized carbons (Fsp3) is 0.765. The summed E-state index contributed by atoms with van der Waals surface area (Å²) >= 11 is 0. The first-order valence-electron chi connectivity index (χ1n) is 9.22. The molecule has 1 spiro atoms. The molecule has 146 valence electrons. The number of rotatable bonds is 4. The van der Waals surface area contributed by atoms with Crippen LogP contribution < -0.4 is 10.6 Å². The van der Waals surface area contributed by atoms with Crippen molar-refractivity contribution < 1.29 is 13.2 Å². The summed E-state index contributed by atoms with van der Waals surface area (Å²) in [6.07, 6.45) is 3.79. The predicted octanol–water partition coefficient (Wildman–Crippen LogP) is 0.794. The summed E-state index contributed by atoms with van der Waals surface area (Å²) in [4.78, 5) is 11.8. The third-order valence-electron chi connectivity index (χ3n) is 5.45. The maximum absolute atomic E-state index is 13.5. The van der Waals surface area contributed by atoms with Gasteiger partial charge in [-0.25, -0.2) is 8.42 Å². The molecule has 2 saturated heterocycles. The summed E-state index contributed by atoms with van der Waals surface area (Å²) in [5.74, 6) is -0.123. The second-order valence-corrected chi connectivity index (χ2v) is 9.60. The van der Waals surface area contributed by atoms with E-state index >= 15 is 0 Å². The molecule has 1 aromatic rings. The Morgan fingerprint density at radius 1 is 1.38 bits per heavy atom. The summed E-state index contributed by atoms with van der Waals surface area (Å²) in [6.45, 7) is 9.03. The number of amides is 1. The molecule has 0 unspecified atom stereocenters. The largest absolute Gasteiger partial charge is 0.352 e. The second kappa shape index (κ2) is 6.94. The average Bonchev–Trinajstić information content (AvgIpc) is 3.10. The molecule has 2 fully saturated rings. The molecule has 1 aromatic heterocycles. The van der Waals surface area contributed by atoms with Crippen molar-refractivity contribution in [2.75, 3.05) is 19.6 Å². The van der Waals surface area contributed by atoms with Crippen molar-refractivity contribution in [1.82, 2.24) is 24.7 Å². The average molecular weight is 384 g/mol. The van der Waals surface area contributed by atoms with Crippen molar-refractivity contribution in [1.29, 1.82) is 0 Å². The van der Waals surface area contributed by atoms with Crippen molar-refractivity contribution in [2.45, 2.75) is 69.5 Å². The van der Waals surface area contributed by atoms with Gasteiger partial charge in [-0.3, -0.25) is 9.48 Å². The van der Waals surface area contributed by atoms with Crippen molar-refractivity contribution >= 4 is 15.9 Å². The second-order valence-electron chi connectivity index (χ2n) is 7.76. The molecule has 0 bridgehead atoms. The van der Waals surface area contributed by atoms with E-state index in [1.165, 1.54) is 6.92 Å². The van der Waals surface area contributed by atoms with Gasteiger partial charge in [0.1, 0.15) is 4.90 Å². The minimum absolute atomic E-state index is 0.0937. The Kier molecular flexibility index (Phi) is 5.15. The molecule has 3 heterocycles. The van der Waals surface area contributed by atoms with Crippen molar-refractivity contribution in [3.05, 3.63) is 11.9 Å². The quantitative estimate of drug-likeness (QED) is 0.801. The molecule has 1 amide bonds. The molecule has 0 saturated carbocycles. The summed E-state index contributed by atoms with van der Waals surface area (Å²) in [7, 11) is -3.69. The van der Waals surface area contributed by atoms with Crippen molar-refractivity contribution in [3.8, 4) is 0 Å². The molecule has 0 radical (unpaired) electrons. The first-order chi connectivity index (χ1) is 12.2. The number of hydrogen-bond acceptors (Lipinski definition) is 5. The van der Waals surface area contributed by atoms with E-state index in [4.69, 9.17) is 0 Å². The molecule has 2 aliphatic rings. The molecule has 2 aliphatic heterocycles. The van der Waals surface area contributed by atoms with E-state index < -0.39 is 15.6 Å². The third kappa shape index (κ3) is 3.39. The number of nitrogens with zero attached hydrogens (tertiary/aromatic N) is 3. The zero-order valence-corrected chi connectivity index (χ0v) is 16.8. The number of sulfonamides is 1. The Balaban J connectivity index is 1.99. The van der Waals surface area contributed by atoms with Crippen molar-refractivity contribution in [3.63, 3.8) is 0 Å². The molecule has 1 atom stereocenters. The topological polar surface area (TPSA) is 96.3 Å². The van der Waals surface area contributed by atoms with E-state index in [0.717, 1.165) is 25.9 Å². The monoisotopic (exact) mass is 383 g/mol. The number of piperidine rings is 1. The number of nitrogens with one attached hydrogen (secondary N) is 2. The summed E-state index contributed by atoms with van der Waals surface area (Å²) in [6, 6.07) is -0.0583. The number of aryl methyl sites for hydroxylation is 1. The number of carbonyl (C=O) groups is 1. The Labute approximate surface area is 155 Å². The summed E-state index contributed by atoms with van der Waals surface area (Å²) in [5, 5.41) is 10.6. The minimum Gasteiger partial charge on any atom is -0.352 e. The van der Waals surface area contributed by atoms with Gasteiger partial charge in [0.25, 0.3) is 0 Å². The minimum atomic E-state index is -3.69. The van der Waals surface area contributed by atoms with E-state index in [1.54, 1.807) is 22.1 Å². The summed E-state index contributed by atoms with van der Waals surface area (Å²) in [5.41, 5.74) is 0.0783. The highest BCUT2D eigenvalue weighted by atomic mass is 32.2. The number of hydrogen-bond donors (Lipinski definition) is 2. The van der Waals surface area contributed by atoms with Crippen LogP contribution in [0.3, 0.4) is 0 Å². The van der Waals surface area contributed by atoms with Crippen LogP contribution in [0.25, 0.3) is 0 Å². The van der Waals surface area contributed by atoms with Gasteiger partial charge in [-0.1, -0.05) is 0 Å². The highest BCUT2D eigenvalue weighted by molar-refractivity contribution is 7.89. The molecular weight excluding hydrogens is 354 g/mol. The zero-order valence-electron chi connectivity index (χ0n) is 15.9. The SMILES string of the molecule is CC(=O)N[C@H]1CN(S(=O)(=O)c2cn(C(C)C)nc2C)C2(CCNCC2)C1. The van der Waals surface area contributed by atoms with E-state index in [0.29, 0.717) is 18.7 Å². The molecule has 0 aromatic carbocycles. The highest BCUT2D eigenvalue weighted by Crippen LogP contribution is 2.41. The zero-order chi connectivity index (χ0) is 19.1. The van der Waals surface area contributed by atoms with Gasteiger partial charge in [-0.15, -0.1) is 0 Å². The lowest BCUT2D eigenvalue weighted by Crippen LogP contribution is -2.53. The van der Waals surface area contributed by atoms with Crippen LogP contribution in [0.15, 0.2) is 11.1 Å². The predicted molar refractivity (Wildman–Crippen MR) is 98.3 cm³/mol. The van der Waals surface area contributed by atoms with Gasteiger partial charge in [-0.05, 0) is 53.1 Å². The van der Waals surface area contributed by atoms with E-state index in [9.17, 15) is 13.2 Å². The van der Waals surface area contributed by atoms with Crippen LogP contribution in [0.1, 0.15) is 51.8 Å². The Morgan fingerprint density at radius 3 is 2.58 bits per heavy atom. The van der Waals surface area contributed by atoms with E-state index in [1.807, 2.05) is 13.8 Å². The lowest BCUT2D eigenvalue weighted by molar-refractivity contribution is -0.119. The fourth-order valence-electron chi connectivity index (χ4n) is 4.20. The summed E-state index contributed by atoms with van der Waals surface area (Å²) < 4.78 is 30.4. The van der Waals surface area contributed by atoms with Gasteiger partial charge in [0.05, 0.1) is 5.69 Å². The smallest absolute Gasteiger partial charge is 0.247 e. The van der Waals surface area contributed by atoms with Crippen LogP contribution in [0.4, 0.5) is 0 Å². The van der Waals surface area contributed by atoms with Crippen molar-refractivity contribution in [2.24, 2.45) is 0 Å². The Hall–Kier alpha value is -1.45. The molecular formula is C17H29N5O3S. The normalized spacial score (nSPS) is 23.7. The number of carbonyl (C=O) groups excluding carboxylic acids is 1. The lowest BCUT2D eigenvalue weighted by Gasteiger charge is -2.40. The molecule has 9 heteroatoms. The number of aromatic nitrogens is 2. The molecule has 8 nitrogen and oxygen atoms in total. The molecule has 2 N–H and O–H groups in total. The molecule has 26 heavy (non-hydrogen) atoms. The van der Waals surface area contributed by atoms with Gasteiger partial charge in [0, 0.05) is 37.3 Å². The van der Waals surface area contributed by atoms with E-state index in [-0.39, 0.29) is 22.9 Å². The standard InChI is InChI=1S/C17H29N5O3S/c1-12(2)21-11-16(13(3)20-21)26(24,25)22-10-15(19-14(4)23)9-17(22)5-7-18-8-6-17/h11-12,15,18H,5-10H2,1-4H3,(H,19,23)/t15-/m1/s1. The molecule has 0 aliphatic carbocycles. The van der Waals surface area contributed by atoms with E-state index in [2.05, 4.69) is 15.7 Å². The highest BCUT2D eigenvalue weighted by Gasteiger charge is 2.52. The van der Waals surface area contributed by atoms with Crippen LogP contribution >= 0.6 is 0 Å². The van der Waals surface area contributed by atoms with Crippen LogP contribution in [-0.2, 0) is 14.8 Å². The maximum atomic E-state index is 13.5. The van der Waals surface area contributed by atoms with Gasteiger partial charge < -0.3 is 10.6 Å². The molecule has 3 rings (SSSR count). The fourth-order valence-corrected chi connectivity index (χ4v) is 6.24. The van der Waals surface area contributed by atoms with Gasteiger partial charge in [0.15, 0.2) is 0 Å².